The van der Waals surface area contributed by atoms with Crippen LogP contribution in [-0.2, 0) is 9.84 Å². The molecule has 0 bridgehead atoms. The number of carbonyl (C=O) groups is 1. The van der Waals surface area contributed by atoms with Gasteiger partial charge in [-0.05, 0) is 41.5 Å². The Morgan fingerprint density at radius 3 is 2.35 bits per heavy atom. The average molecular weight is 365 g/mol. The molecule has 1 amide bonds. The predicted molar refractivity (Wildman–Crippen MR) is 102 cm³/mol. The van der Waals surface area contributed by atoms with Gasteiger partial charge in [0.05, 0.1) is 10.1 Å². The number of carbonyl (C=O) groups excluding carboxylic acids is 1. The zero-order chi connectivity index (χ0) is 18.1. The van der Waals surface area contributed by atoms with Crippen LogP contribution in [0.1, 0.15) is 16.8 Å². The van der Waals surface area contributed by atoms with E-state index in [-0.39, 0.29) is 12.5 Å². The largest absolute Gasteiger partial charge is 0.337 e. The molecule has 1 aliphatic rings. The van der Waals surface area contributed by atoms with E-state index in [0.29, 0.717) is 23.4 Å². The van der Waals surface area contributed by atoms with Gasteiger partial charge in [0.1, 0.15) is 0 Å². The number of rotatable bonds is 3. The maximum absolute atomic E-state index is 12.8. The number of fused-ring (bicyclic) bond motifs is 1. The van der Waals surface area contributed by atoms with Crippen LogP contribution < -0.4 is 0 Å². The van der Waals surface area contributed by atoms with Crippen molar-refractivity contribution in [2.24, 2.45) is 0 Å². The van der Waals surface area contributed by atoms with Gasteiger partial charge < -0.3 is 4.90 Å². The van der Waals surface area contributed by atoms with E-state index in [1.54, 1.807) is 35.2 Å². The van der Waals surface area contributed by atoms with Gasteiger partial charge in [-0.15, -0.1) is 0 Å². The molecule has 1 fully saturated rings. The summed E-state index contributed by atoms with van der Waals surface area (Å²) in [5.74, 6) is -0.110. The molecule has 0 saturated carbocycles. The van der Waals surface area contributed by atoms with E-state index in [1.165, 1.54) is 0 Å². The van der Waals surface area contributed by atoms with Gasteiger partial charge in [0, 0.05) is 18.7 Å². The summed E-state index contributed by atoms with van der Waals surface area (Å²) in [5, 5.41) is 1.54. The smallest absolute Gasteiger partial charge is 0.253 e. The summed E-state index contributed by atoms with van der Waals surface area (Å²) < 4.78 is 25.6. The molecule has 132 valence electrons. The van der Waals surface area contributed by atoms with Gasteiger partial charge in [0.15, 0.2) is 9.84 Å². The van der Waals surface area contributed by atoms with Crippen LogP contribution >= 0.6 is 0 Å². The lowest BCUT2D eigenvalue weighted by molar-refractivity contribution is 0.0793. The van der Waals surface area contributed by atoms with Crippen LogP contribution in [0.4, 0.5) is 0 Å². The van der Waals surface area contributed by atoms with Crippen LogP contribution in [0.15, 0.2) is 77.7 Å². The molecule has 1 atom stereocenters. The van der Waals surface area contributed by atoms with Crippen molar-refractivity contribution in [3.63, 3.8) is 0 Å². The molecule has 0 aliphatic carbocycles. The molecule has 1 aliphatic heterocycles. The molecule has 0 radical (unpaired) electrons. The Labute approximate surface area is 153 Å². The summed E-state index contributed by atoms with van der Waals surface area (Å²) >= 11 is 0. The van der Waals surface area contributed by atoms with E-state index in [0.717, 1.165) is 10.8 Å². The summed E-state index contributed by atoms with van der Waals surface area (Å²) in [4.78, 5) is 14.8. The van der Waals surface area contributed by atoms with Crippen molar-refractivity contribution in [2.75, 3.05) is 13.1 Å². The van der Waals surface area contributed by atoms with Crippen molar-refractivity contribution in [2.45, 2.75) is 16.6 Å². The maximum Gasteiger partial charge on any atom is 0.253 e. The fourth-order valence-corrected chi connectivity index (χ4v) is 5.19. The molecule has 4 nitrogen and oxygen atoms in total. The monoisotopic (exact) mass is 365 g/mol. The van der Waals surface area contributed by atoms with Crippen LogP contribution in [0, 0.1) is 0 Å². The minimum atomic E-state index is -3.42. The highest BCUT2D eigenvalue weighted by Crippen LogP contribution is 2.25. The molecule has 1 saturated heterocycles. The summed E-state index contributed by atoms with van der Waals surface area (Å²) in [6, 6.07) is 21.9. The van der Waals surface area contributed by atoms with Gasteiger partial charge in [-0.25, -0.2) is 8.42 Å². The number of hydrogen-bond acceptors (Lipinski definition) is 3. The summed E-state index contributed by atoms with van der Waals surface area (Å²) in [7, 11) is -3.42. The van der Waals surface area contributed by atoms with Crippen LogP contribution in [0.2, 0.25) is 0 Å². The van der Waals surface area contributed by atoms with Crippen molar-refractivity contribution in [3.05, 3.63) is 78.4 Å². The first-order valence-electron chi connectivity index (χ1n) is 8.63. The highest BCUT2D eigenvalue weighted by Gasteiger charge is 2.36. The van der Waals surface area contributed by atoms with Crippen molar-refractivity contribution < 1.29 is 13.2 Å². The quantitative estimate of drug-likeness (QED) is 0.713. The van der Waals surface area contributed by atoms with Gasteiger partial charge in [0.2, 0.25) is 0 Å². The minimum Gasteiger partial charge on any atom is -0.337 e. The molecule has 1 heterocycles. The maximum atomic E-state index is 12.8. The van der Waals surface area contributed by atoms with E-state index in [2.05, 4.69) is 0 Å². The van der Waals surface area contributed by atoms with Gasteiger partial charge >= 0.3 is 0 Å². The number of sulfone groups is 1. The molecule has 0 N–H and O–H groups in total. The molecular weight excluding hydrogens is 346 g/mol. The van der Waals surface area contributed by atoms with Crippen LogP contribution in [-0.4, -0.2) is 37.6 Å². The summed E-state index contributed by atoms with van der Waals surface area (Å²) in [6.45, 7) is 0.700. The van der Waals surface area contributed by atoms with E-state index in [9.17, 15) is 13.2 Å². The average Bonchev–Trinajstić information content (AvgIpc) is 3.19. The zero-order valence-corrected chi connectivity index (χ0v) is 15.0. The number of likely N-dealkylation sites (tertiary alicyclic amines) is 1. The summed E-state index contributed by atoms with van der Waals surface area (Å²) in [6.07, 6.45) is 0.469. The SMILES string of the molecule is O=C(c1ccc2ccccc2c1)N1CCC(S(=O)(=O)c2ccccc2)C1. The first kappa shape index (κ1) is 16.8. The fraction of sp³-hybridized carbons (Fsp3) is 0.190. The van der Waals surface area contributed by atoms with Gasteiger partial charge in [-0.2, -0.15) is 0 Å². The third kappa shape index (κ3) is 2.99. The first-order valence-corrected chi connectivity index (χ1v) is 10.2. The van der Waals surface area contributed by atoms with Crippen molar-refractivity contribution in [3.8, 4) is 0 Å². The normalized spacial score (nSPS) is 17.5. The van der Waals surface area contributed by atoms with Crippen molar-refractivity contribution in [1.29, 1.82) is 0 Å². The van der Waals surface area contributed by atoms with E-state index in [1.807, 2.05) is 42.5 Å². The molecule has 26 heavy (non-hydrogen) atoms. The first-order chi connectivity index (χ1) is 12.6. The van der Waals surface area contributed by atoms with Crippen molar-refractivity contribution in [1.82, 2.24) is 4.90 Å². The Hall–Kier alpha value is -2.66. The molecule has 0 aromatic heterocycles. The molecule has 3 aromatic rings. The van der Waals surface area contributed by atoms with E-state index >= 15 is 0 Å². The standard InChI is InChI=1S/C21H19NO3S/c23-21(18-11-10-16-6-4-5-7-17(16)14-18)22-13-12-20(15-22)26(24,25)19-8-2-1-3-9-19/h1-11,14,20H,12-13,15H2. The van der Waals surface area contributed by atoms with E-state index in [4.69, 9.17) is 0 Å². The number of hydrogen-bond donors (Lipinski definition) is 0. The molecule has 3 aromatic carbocycles. The highest BCUT2D eigenvalue weighted by molar-refractivity contribution is 7.92. The molecule has 1 unspecified atom stereocenters. The topological polar surface area (TPSA) is 54.5 Å². The summed E-state index contributed by atoms with van der Waals surface area (Å²) in [5.41, 5.74) is 0.599. The second kappa shape index (κ2) is 6.57. The van der Waals surface area contributed by atoms with Gasteiger partial charge in [-0.3, -0.25) is 4.79 Å². The lowest BCUT2D eigenvalue weighted by Gasteiger charge is -2.17. The van der Waals surface area contributed by atoms with Gasteiger partial charge in [-0.1, -0.05) is 48.5 Å². The second-order valence-electron chi connectivity index (χ2n) is 6.58. The Morgan fingerprint density at radius 1 is 0.885 bits per heavy atom. The zero-order valence-electron chi connectivity index (χ0n) is 14.2. The second-order valence-corrected chi connectivity index (χ2v) is 8.81. The van der Waals surface area contributed by atoms with Crippen LogP contribution in [0.25, 0.3) is 10.8 Å². The van der Waals surface area contributed by atoms with Crippen molar-refractivity contribution >= 4 is 26.5 Å². The minimum absolute atomic E-state index is 0.110. The number of nitrogens with zero attached hydrogens (tertiary/aromatic N) is 1. The Morgan fingerprint density at radius 2 is 1.58 bits per heavy atom. The Bertz CT molecular complexity index is 1060. The number of amides is 1. The third-order valence-electron chi connectivity index (χ3n) is 4.94. The lowest BCUT2D eigenvalue weighted by atomic mass is 10.1. The number of benzene rings is 3. The van der Waals surface area contributed by atoms with Crippen LogP contribution in [0.5, 0.6) is 0 Å². The molecular formula is C21H19NO3S. The third-order valence-corrected chi connectivity index (χ3v) is 7.13. The fourth-order valence-electron chi connectivity index (χ4n) is 3.47. The predicted octanol–water partition coefficient (Wildman–Crippen LogP) is 3.53. The molecule has 5 heteroatoms. The lowest BCUT2D eigenvalue weighted by Crippen LogP contribution is -2.31. The van der Waals surface area contributed by atoms with E-state index < -0.39 is 15.1 Å². The molecule has 4 rings (SSSR count). The molecule has 0 spiro atoms. The Kier molecular flexibility index (Phi) is 4.24. The Balaban J connectivity index is 1.55. The van der Waals surface area contributed by atoms with Gasteiger partial charge in [0.25, 0.3) is 5.91 Å². The highest BCUT2D eigenvalue weighted by atomic mass is 32.2. The van der Waals surface area contributed by atoms with Crippen LogP contribution in [0.3, 0.4) is 0 Å².